The van der Waals surface area contributed by atoms with Crippen LogP contribution in [0.15, 0.2) is 40.0 Å². The lowest BCUT2D eigenvalue weighted by Crippen LogP contribution is -2.37. The fourth-order valence-electron chi connectivity index (χ4n) is 2.94. The van der Waals surface area contributed by atoms with Gasteiger partial charge >= 0.3 is 0 Å². The van der Waals surface area contributed by atoms with E-state index >= 15 is 0 Å². The number of hydrogen-bond donors (Lipinski definition) is 3. The summed E-state index contributed by atoms with van der Waals surface area (Å²) < 4.78 is 5.45. The van der Waals surface area contributed by atoms with E-state index < -0.39 is 0 Å². The van der Waals surface area contributed by atoms with Gasteiger partial charge in [-0.1, -0.05) is 25.1 Å². The van der Waals surface area contributed by atoms with Crippen LogP contribution in [0.4, 0.5) is 5.82 Å². The number of hydrogen-bond acceptors (Lipinski definition) is 5. The summed E-state index contributed by atoms with van der Waals surface area (Å²) in [6.45, 7) is 9.51. The van der Waals surface area contributed by atoms with Crippen molar-refractivity contribution >= 4 is 11.8 Å². The first-order valence-corrected chi connectivity index (χ1v) is 10.4. The normalized spacial score (nSPS) is 11.6. The van der Waals surface area contributed by atoms with E-state index in [1.807, 2.05) is 24.3 Å². The Hall–Kier alpha value is -2.57. The van der Waals surface area contributed by atoms with Crippen molar-refractivity contribution in [3.8, 4) is 0 Å². The first kappa shape index (κ1) is 21.7. The maximum absolute atomic E-state index is 5.45. The fourth-order valence-corrected chi connectivity index (χ4v) is 2.94. The maximum Gasteiger partial charge on any atom is 0.191 e. The number of anilines is 1. The summed E-state index contributed by atoms with van der Waals surface area (Å²) in [7, 11) is 0. The van der Waals surface area contributed by atoms with Crippen LogP contribution in [-0.4, -0.2) is 35.7 Å². The molecule has 0 saturated heterocycles. The van der Waals surface area contributed by atoms with Crippen LogP contribution in [0.2, 0.25) is 0 Å². The molecule has 0 aliphatic carbocycles. The quantitative estimate of drug-likeness (QED) is 0.291. The van der Waals surface area contributed by atoms with Gasteiger partial charge < -0.3 is 20.5 Å². The van der Waals surface area contributed by atoms with Crippen LogP contribution in [0, 0.1) is 0 Å². The molecule has 2 rings (SSSR count). The van der Waals surface area contributed by atoms with Crippen molar-refractivity contribution < 1.29 is 4.52 Å². The lowest BCUT2D eigenvalue weighted by molar-refractivity contribution is 0.372. The molecule has 0 unspecified atom stereocenters. The van der Waals surface area contributed by atoms with E-state index in [9.17, 15) is 0 Å². The van der Waals surface area contributed by atoms with Crippen molar-refractivity contribution in [2.75, 3.05) is 25.0 Å². The maximum atomic E-state index is 5.45. The predicted octanol–water partition coefficient (Wildman–Crippen LogP) is 3.92. The van der Waals surface area contributed by atoms with Gasteiger partial charge in [0.2, 0.25) is 0 Å². The number of pyridine rings is 1. The molecule has 0 fully saturated rings. The number of rotatable bonds is 12. The topological polar surface area (TPSA) is 87.4 Å². The molecule has 0 amide bonds. The summed E-state index contributed by atoms with van der Waals surface area (Å²) in [4.78, 5) is 8.86. The van der Waals surface area contributed by atoms with E-state index in [2.05, 4.69) is 51.9 Å². The highest BCUT2D eigenvalue weighted by atomic mass is 16.5. The number of nitrogens with zero attached hydrogens (tertiary/aromatic N) is 3. The first-order chi connectivity index (χ1) is 13.8. The third kappa shape index (κ3) is 7.58. The van der Waals surface area contributed by atoms with Crippen molar-refractivity contribution in [1.82, 2.24) is 20.8 Å². The molecule has 7 heteroatoms. The van der Waals surface area contributed by atoms with Gasteiger partial charge in [0.25, 0.3) is 0 Å². The molecular formula is C21H34N6O. The highest BCUT2D eigenvalue weighted by Crippen LogP contribution is 2.22. The molecule has 3 N–H and O–H groups in total. The zero-order valence-corrected chi connectivity index (χ0v) is 17.4. The molecule has 7 nitrogen and oxygen atoms in total. The average Bonchev–Trinajstić information content (AvgIpc) is 3.19. The summed E-state index contributed by atoms with van der Waals surface area (Å²) in [6.07, 6.45) is 6.05. The Morgan fingerprint density at radius 3 is 2.64 bits per heavy atom. The Balaban J connectivity index is 1.71. The van der Waals surface area contributed by atoms with Crippen LogP contribution >= 0.6 is 0 Å². The smallest absolute Gasteiger partial charge is 0.191 e. The van der Waals surface area contributed by atoms with Gasteiger partial charge in [0, 0.05) is 37.8 Å². The highest BCUT2D eigenvalue weighted by molar-refractivity contribution is 5.79. The van der Waals surface area contributed by atoms with Crippen LogP contribution in [0.1, 0.15) is 63.8 Å². The van der Waals surface area contributed by atoms with E-state index in [0.29, 0.717) is 12.5 Å². The Kier molecular flexibility index (Phi) is 9.89. The van der Waals surface area contributed by atoms with Crippen LogP contribution in [0.5, 0.6) is 0 Å². The minimum Gasteiger partial charge on any atom is -0.370 e. The Morgan fingerprint density at radius 2 is 1.93 bits per heavy atom. The van der Waals surface area contributed by atoms with Gasteiger partial charge in [0.1, 0.15) is 12.4 Å². The van der Waals surface area contributed by atoms with Gasteiger partial charge in [-0.15, -0.1) is 0 Å². The summed E-state index contributed by atoms with van der Waals surface area (Å²) in [5.41, 5.74) is 1.04. The monoisotopic (exact) mass is 386 g/mol. The van der Waals surface area contributed by atoms with Crippen LogP contribution in [0.25, 0.3) is 0 Å². The van der Waals surface area contributed by atoms with Gasteiger partial charge in [-0.05, 0) is 44.7 Å². The molecule has 0 bridgehead atoms. The van der Waals surface area contributed by atoms with Crippen LogP contribution in [0.3, 0.4) is 0 Å². The molecule has 2 aromatic heterocycles. The van der Waals surface area contributed by atoms with Gasteiger partial charge in [0.15, 0.2) is 11.7 Å². The molecule has 0 saturated carbocycles. The van der Waals surface area contributed by atoms with E-state index in [0.717, 1.165) is 68.5 Å². The second kappa shape index (κ2) is 12.8. The van der Waals surface area contributed by atoms with E-state index in [1.54, 1.807) is 6.20 Å². The first-order valence-electron chi connectivity index (χ1n) is 10.4. The summed E-state index contributed by atoms with van der Waals surface area (Å²) in [6, 6.07) is 7.92. The van der Waals surface area contributed by atoms with Crippen molar-refractivity contribution in [3.05, 3.63) is 41.9 Å². The molecule has 154 valence electrons. The fraction of sp³-hybridized carbons (Fsp3) is 0.571. The molecule has 0 aliphatic heterocycles. The molecule has 0 radical (unpaired) electrons. The van der Waals surface area contributed by atoms with Crippen LogP contribution in [-0.2, 0) is 6.54 Å². The van der Waals surface area contributed by atoms with Crippen molar-refractivity contribution in [2.24, 2.45) is 4.99 Å². The van der Waals surface area contributed by atoms with Crippen molar-refractivity contribution in [1.29, 1.82) is 0 Å². The highest BCUT2D eigenvalue weighted by Gasteiger charge is 2.12. The number of unbranched alkanes of at least 4 members (excludes halogenated alkanes) is 1. The minimum absolute atomic E-state index is 0.465. The van der Waals surface area contributed by atoms with E-state index in [-0.39, 0.29) is 0 Å². The largest absolute Gasteiger partial charge is 0.370 e. The minimum atomic E-state index is 0.465. The molecule has 2 aromatic rings. The van der Waals surface area contributed by atoms with Crippen molar-refractivity contribution in [3.63, 3.8) is 0 Å². The Labute approximate surface area is 168 Å². The van der Waals surface area contributed by atoms with E-state index in [1.165, 1.54) is 0 Å². The lowest BCUT2D eigenvalue weighted by Gasteiger charge is -2.11. The van der Waals surface area contributed by atoms with Gasteiger partial charge in [-0.2, -0.15) is 0 Å². The third-order valence-electron chi connectivity index (χ3n) is 4.59. The van der Waals surface area contributed by atoms with Crippen LogP contribution < -0.4 is 16.0 Å². The molecule has 28 heavy (non-hydrogen) atoms. The number of aliphatic imine (C=N–C) groups is 1. The summed E-state index contributed by atoms with van der Waals surface area (Å²) in [5, 5.41) is 14.2. The number of nitrogens with one attached hydrogen (secondary N) is 3. The SMILES string of the molecule is CCNC(=NCc1cc(C(CC)CC)no1)NCCCCNc1ccccn1. The molecule has 0 aromatic carbocycles. The second-order valence-electron chi connectivity index (χ2n) is 6.70. The average molecular weight is 387 g/mol. The zero-order valence-electron chi connectivity index (χ0n) is 17.4. The molecule has 0 spiro atoms. The zero-order chi connectivity index (χ0) is 20.0. The second-order valence-corrected chi connectivity index (χ2v) is 6.70. The summed E-state index contributed by atoms with van der Waals surface area (Å²) in [5.74, 6) is 3.00. The van der Waals surface area contributed by atoms with Crippen molar-refractivity contribution in [2.45, 2.75) is 58.9 Å². The predicted molar refractivity (Wildman–Crippen MR) is 115 cm³/mol. The lowest BCUT2D eigenvalue weighted by atomic mass is 9.99. The van der Waals surface area contributed by atoms with Gasteiger partial charge in [0.05, 0.1) is 5.69 Å². The number of guanidine groups is 1. The number of aromatic nitrogens is 2. The van der Waals surface area contributed by atoms with E-state index in [4.69, 9.17) is 4.52 Å². The third-order valence-corrected chi connectivity index (χ3v) is 4.59. The van der Waals surface area contributed by atoms with Gasteiger partial charge in [-0.25, -0.2) is 9.98 Å². The summed E-state index contributed by atoms with van der Waals surface area (Å²) >= 11 is 0. The Morgan fingerprint density at radius 1 is 1.11 bits per heavy atom. The standard InChI is InChI=1S/C21H34N6O/c1-4-17(5-2)19-15-18(28-27-19)16-26-21(22-6-3)25-14-10-9-13-24-20-11-7-8-12-23-20/h7-8,11-12,15,17H,4-6,9-10,13-14,16H2,1-3H3,(H,23,24)(H2,22,25,26). The molecular weight excluding hydrogens is 352 g/mol. The molecule has 0 aliphatic rings. The molecule has 2 heterocycles. The molecule has 0 atom stereocenters. The van der Waals surface area contributed by atoms with Gasteiger partial charge in [-0.3, -0.25) is 0 Å². The Bertz CT molecular complexity index is 681.